The number of piperidine rings is 1. The summed E-state index contributed by atoms with van der Waals surface area (Å²) in [6, 6.07) is -0.166. The van der Waals surface area contributed by atoms with Gasteiger partial charge in [0.25, 0.3) is 0 Å². The van der Waals surface area contributed by atoms with E-state index in [1.807, 2.05) is 18.7 Å². The summed E-state index contributed by atoms with van der Waals surface area (Å²) < 4.78 is 0. The third kappa shape index (κ3) is 4.00. The molecule has 0 radical (unpaired) electrons. The van der Waals surface area contributed by atoms with Crippen LogP contribution in [0.15, 0.2) is 0 Å². The maximum Gasteiger partial charge on any atom is 0.239 e. The van der Waals surface area contributed by atoms with Crippen molar-refractivity contribution in [1.29, 1.82) is 0 Å². The van der Waals surface area contributed by atoms with Gasteiger partial charge >= 0.3 is 0 Å². The zero-order valence-corrected chi connectivity index (χ0v) is 10.7. The zero-order chi connectivity index (χ0) is 12.8. The number of nitrogens with zero attached hydrogens (tertiary/aromatic N) is 1. The molecule has 0 bridgehead atoms. The number of nitrogens with one attached hydrogen (secondary N) is 1. The monoisotopic (exact) mass is 241 g/mol. The fourth-order valence-corrected chi connectivity index (χ4v) is 1.98. The predicted octanol–water partition coefficient (Wildman–Crippen LogP) is 0.241. The number of hydrogen-bond donors (Lipinski definition) is 2. The average Bonchev–Trinajstić information content (AvgIpc) is 2.37. The molecule has 2 amide bonds. The molecule has 0 aromatic heterocycles. The number of hydrogen-bond acceptors (Lipinski definition) is 3. The van der Waals surface area contributed by atoms with E-state index in [9.17, 15) is 9.59 Å². The molecule has 1 rings (SSSR count). The molecule has 1 fully saturated rings. The topological polar surface area (TPSA) is 75.4 Å². The number of rotatable bonds is 4. The number of likely N-dealkylation sites (tertiary alicyclic amines) is 1. The molecule has 1 aliphatic rings. The van der Waals surface area contributed by atoms with Crippen molar-refractivity contribution >= 4 is 11.8 Å². The first kappa shape index (κ1) is 14.0. The van der Waals surface area contributed by atoms with Crippen molar-refractivity contribution in [2.45, 2.75) is 51.6 Å². The highest BCUT2D eigenvalue weighted by atomic mass is 16.2. The van der Waals surface area contributed by atoms with E-state index in [0.717, 1.165) is 12.8 Å². The van der Waals surface area contributed by atoms with Gasteiger partial charge in [-0.15, -0.1) is 0 Å². The highest BCUT2D eigenvalue weighted by molar-refractivity contribution is 5.81. The molecular weight excluding hydrogens is 218 g/mol. The molecule has 0 unspecified atom stereocenters. The number of carbonyl (C=O) groups is 2. The van der Waals surface area contributed by atoms with Crippen LogP contribution in [0, 0.1) is 0 Å². The number of amides is 2. The van der Waals surface area contributed by atoms with Crippen molar-refractivity contribution in [2.24, 2.45) is 5.73 Å². The summed E-state index contributed by atoms with van der Waals surface area (Å²) in [6.07, 6.45) is 2.84. The summed E-state index contributed by atoms with van der Waals surface area (Å²) in [7, 11) is 0. The molecule has 17 heavy (non-hydrogen) atoms. The summed E-state index contributed by atoms with van der Waals surface area (Å²) in [4.78, 5) is 24.9. The summed E-state index contributed by atoms with van der Waals surface area (Å²) in [5.41, 5.74) is 5.72. The van der Waals surface area contributed by atoms with E-state index in [1.54, 1.807) is 0 Å². The van der Waals surface area contributed by atoms with E-state index < -0.39 is 0 Å². The number of nitrogens with two attached hydrogens (primary N) is 1. The maximum atomic E-state index is 11.8. The molecule has 98 valence electrons. The highest BCUT2D eigenvalue weighted by Gasteiger charge is 2.25. The van der Waals surface area contributed by atoms with Gasteiger partial charge in [0.1, 0.15) is 0 Å². The lowest BCUT2D eigenvalue weighted by molar-refractivity contribution is -0.133. The van der Waals surface area contributed by atoms with Crippen molar-refractivity contribution in [1.82, 2.24) is 10.2 Å². The molecule has 5 heteroatoms. The lowest BCUT2D eigenvalue weighted by Gasteiger charge is -2.33. The van der Waals surface area contributed by atoms with E-state index in [-0.39, 0.29) is 23.9 Å². The van der Waals surface area contributed by atoms with E-state index in [0.29, 0.717) is 25.9 Å². The first-order valence-electron chi connectivity index (χ1n) is 6.42. The van der Waals surface area contributed by atoms with Crippen LogP contribution in [0.3, 0.4) is 0 Å². The number of carbonyl (C=O) groups excluding carboxylic acids is 2. The van der Waals surface area contributed by atoms with E-state index in [2.05, 4.69) is 5.32 Å². The molecular formula is C12H23N3O2. The molecule has 1 saturated heterocycles. The van der Waals surface area contributed by atoms with Gasteiger partial charge in [0.15, 0.2) is 0 Å². The predicted molar refractivity (Wildman–Crippen MR) is 66.3 cm³/mol. The van der Waals surface area contributed by atoms with Crippen molar-refractivity contribution in [2.75, 3.05) is 13.1 Å². The van der Waals surface area contributed by atoms with Gasteiger partial charge in [0, 0.05) is 25.6 Å². The molecule has 0 aromatic rings. The van der Waals surface area contributed by atoms with Gasteiger partial charge in [0.2, 0.25) is 11.8 Å². The van der Waals surface area contributed by atoms with Crippen LogP contribution in [0.2, 0.25) is 0 Å². The van der Waals surface area contributed by atoms with Crippen LogP contribution in [0.1, 0.15) is 39.5 Å². The second-order valence-corrected chi connectivity index (χ2v) is 4.54. The van der Waals surface area contributed by atoms with E-state index in [4.69, 9.17) is 5.73 Å². The molecule has 5 nitrogen and oxygen atoms in total. The Morgan fingerprint density at radius 3 is 2.41 bits per heavy atom. The fraction of sp³-hybridized carbons (Fsp3) is 0.833. The summed E-state index contributed by atoms with van der Waals surface area (Å²) in [5, 5.41) is 2.96. The van der Waals surface area contributed by atoms with Crippen LogP contribution in [0.4, 0.5) is 0 Å². The second kappa shape index (κ2) is 6.59. The van der Waals surface area contributed by atoms with E-state index in [1.165, 1.54) is 0 Å². The Morgan fingerprint density at radius 2 is 1.94 bits per heavy atom. The van der Waals surface area contributed by atoms with Crippen LogP contribution in [-0.2, 0) is 9.59 Å². The van der Waals surface area contributed by atoms with Crippen molar-refractivity contribution in [3.63, 3.8) is 0 Å². The molecule has 3 N–H and O–H groups in total. The Morgan fingerprint density at radius 1 is 1.35 bits per heavy atom. The second-order valence-electron chi connectivity index (χ2n) is 4.54. The van der Waals surface area contributed by atoms with Crippen molar-refractivity contribution in [3.8, 4) is 0 Å². The van der Waals surface area contributed by atoms with Gasteiger partial charge in [0.05, 0.1) is 6.04 Å². The van der Waals surface area contributed by atoms with Gasteiger partial charge in [-0.1, -0.05) is 13.8 Å². The Labute approximate surface area is 103 Å². The van der Waals surface area contributed by atoms with Gasteiger partial charge in [-0.25, -0.2) is 0 Å². The maximum absolute atomic E-state index is 11.8. The molecule has 0 saturated carbocycles. The van der Waals surface area contributed by atoms with Gasteiger partial charge in [-0.3, -0.25) is 9.59 Å². The van der Waals surface area contributed by atoms with Crippen LogP contribution >= 0.6 is 0 Å². The van der Waals surface area contributed by atoms with Gasteiger partial charge < -0.3 is 16.0 Å². The smallest absolute Gasteiger partial charge is 0.239 e. The Kier molecular flexibility index (Phi) is 5.41. The highest BCUT2D eigenvalue weighted by Crippen LogP contribution is 2.12. The SMILES string of the molecule is CCC(=O)NC1CCN(C(=O)[C@H](N)CC)CC1. The van der Waals surface area contributed by atoms with Crippen molar-refractivity contribution < 1.29 is 9.59 Å². The van der Waals surface area contributed by atoms with Crippen LogP contribution in [-0.4, -0.2) is 41.9 Å². The quantitative estimate of drug-likeness (QED) is 0.740. The minimum absolute atomic E-state index is 0.0350. The standard InChI is InChI=1S/C12H23N3O2/c1-3-10(13)12(17)15-7-5-9(6-8-15)14-11(16)4-2/h9-10H,3-8,13H2,1-2H3,(H,14,16)/t10-/m1/s1. The summed E-state index contributed by atoms with van der Waals surface area (Å²) in [5.74, 6) is 0.118. The molecule has 1 atom stereocenters. The Balaban J connectivity index is 2.35. The molecule has 0 aromatic carbocycles. The van der Waals surface area contributed by atoms with Crippen molar-refractivity contribution in [3.05, 3.63) is 0 Å². The third-order valence-electron chi connectivity index (χ3n) is 3.25. The normalized spacial score (nSPS) is 18.9. The first-order chi connectivity index (χ1) is 8.08. The molecule has 1 heterocycles. The lowest BCUT2D eigenvalue weighted by atomic mass is 10.0. The van der Waals surface area contributed by atoms with Crippen LogP contribution < -0.4 is 11.1 Å². The van der Waals surface area contributed by atoms with Crippen LogP contribution in [0.5, 0.6) is 0 Å². The summed E-state index contributed by atoms with van der Waals surface area (Å²) >= 11 is 0. The minimum atomic E-state index is -0.378. The first-order valence-corrected chi connectivity index (χ1v) is 6.42. The molecule has 0 spiro atoms. The fourth-order valence-electron chi connectivity index (χ4n) is 1.98. The van der Waals surface area contributed by atoms with Crippen LogP contribution in [0.25, 0.3) is 0 Å². The summed E-state index contributed by atoms with van der Waals surface area (Å²) in [6.45, 7) is 5.15. The molecule has 1 aliphatic heterocycles. The third-order valence-corrected chi connectivity index (χ3v) is 3.25. The van der Waals surface area contributed by atoms with Gasteiger partial charge in [-0.05, 0) is 19.3 Å². The molecule has 0 aliphatic carbocycles. The largest absolute Gasteiger partial charge is 0.353 e. The minimum Gasteiger partial charge on any atom is -0.353 e. The Bertz CT molecular complexity index is 273. The zero-order valence-electron chi connectivity index (χ0n) is 10.7. The van der Waals surface area contributed by atoms with Gasteiger partial charge in [-0.2, -0.15) is 0 Å². The van der Waals surface area contributed by atoms with E-state index >= 15 is 0 Å². The average molecular weight is 241 g/mol. The Hall–Kier alpha value is -1.10. The lowest BCUT2D eigenvalue weighted by Crippen LogP contribution is -2.50.